The minimum absolute atomic E-state index is 0.125. The molecular weight excluding hydrogens is 330 g/mol. The lowest BCUT2D eigenvalue weighted by molar-refractivity contribution is 0.0602. The Morgan fingerprint density at radius 3 is 2.29 bits per heavy atom. The number of hydrogen-bond acceptors (Lipinski definition) is 5. The van der Waals surface area contributed by atoms with Gasteiger partial charge in [-0.1, -0.05) is 12.1 Å². The normalized spacial score (nSPS) is 11.0. The van der Waals surface area contributed by atoms with Gasteiger partial charge in [0.15, 0.2) is 0 Å². The molecule has 2 aromatic carbocycles. The third kappa shape index (κ3) is 3.35. The molecule has 24 heavy (non-hydrogen) atoms. The van der Waals surface area contributed by atoms with Gasteiger partial charge in [-0.15, -0.1) is 0 Å². The van der Waals surface area contributed by atoms with Gasteiger partial charge in [0.1, 0.15) is 5.75 Å². The lowest BCUT2D eigenvalue weighted by Crippen LogP contribution is -2.17. The third-order valence-corrected chi connectivity index (χ3v) is 5.28. The number of methoxy groups -OCH3 is 2. The van der Waals surface area contributed by atoms with Crippen LogP contribution in [0.3, 0.4) is 0 Å². The van der Waals surface area contributed by atoms with Crippen LogP contribution in [0.2, 0.25) is 0 Å². The molecule has 1 N–H and O–H groups in total. The first-order valence-corrected chi connectivity index (χ1v) is 8.64. The fourth-order valence-corrected chi connectivity index (χ4v) is 3.72. The van der Waals surface area contributed by atoms with Gasteiger partial charge in [0.2, 0.25) is 0 Å². The van der Waals surface area contributed by atoms with Crippen LogP contribution in [0.4, 0.5) is 5.69 Å². The SMILES string of the molecule is COC(=O)c1ccccc1NS(=O)(=O)c1ccc(OC)c(C)c1C. The van der Waals surface area contributed by atoms with Crippen LogP contribution in [-0.4, -0.2) is 28.6 Å². The molecule has 0 spiro atoms. The molecular formula is C17H19NO5S. The van der Waals surface area contributed by atoms with E-state index in [1.807, 2.05) is 0 Å². The number of benzene rings is 2. The molecule has 0 radical (unpaired) electrons. The number of rotatable bonds is 5. The molecule has 2 aromatic rings. The average Bonchev–Trinajstić information content (AvgIpc) is 2.56. The Morgan fingerprint density at radius 2 is 1.67 bits per heavy atom. The molecule has 0 aromatic heterocycles. The quantitative estimate of drug-likeness (QED) is 0.840. The first-order chi connectivity index (χ1) is 11.3. The maximum Gasteiger partial charge on any atom is 0.339 e. The minimum atomic E-state index is -3.87. The lowest BCUT2D eigenvalue weighted by atomic mass is 10.1. The van der Waals surface area contributed by atoms with Crippen molar-refractivity contribution >= 4 is 21.7 Å². The van der Waals surface area contributed by atoms with E-state index in [1.54, 1.807) is 32.0 Å². The van der Waals surface area contributed by atoms with Gasteiger partial charge in [-0.05, 0) is 49.2 Å². The summed E-state index contributed by atoms with van der Waals surface area (Å²) >= 11 is 0. The molecule has 0 heterocycles. The molecule has 0 saturated carbocycles. The highest BCUT2D eigenvalue weighted by Gasteiger charge is 2.22. The van der Waals surface area contributed by atoms with Crippen LogP contribution in [0.5, 0.6) is 5.75 Å². The first-order valence-electron chi connectivity index (χ1n) is 7.16. The molecule has 7 heteroatoms. The predicted octanol–water partition coefficient (Wildman–Crippen LogP) is 2.90. The Bertz CT molecular complexity index is 875. The highest BCUT2D eigenvalue weighted by molar-refractivity contribution is 7.92. The number of anilines is 1. The molecule has 0 aliphatic rings. The van der Waals surface area contributed by atoms with E-state index in [0.717, 1.165) is 5.56 Å². The van der Waals surface area contributed by atoms with Crippen molar-refractivity contribution < 1.29 is 22.7 Å². The third-order valence-electron chi connectivity index (χ3n) is 3.77. The summed E-state index contributed by atoms with van der Waals surface area (Å²) in [6.45, 7) is 3.49. The summed E-state index contributed by atoms with van der Waals surface area (Å²) in [5, 5.41) is 0. The van der Waals surface area contributed by atoms with Crippen molar-refractivity contribution in [2.45, 2.75) is 18.7 Å². The molecule has 6 nitrogen and oxygen atoms in total. The van der Waals surface area contributed by atoms with Crippen LogP contribution >= 0.6 is 0 Å². The van der Waals surface area contributed by atoms with Crippen molar-refractivity contribution in [3.63, 3.8) is 0 Å². The molecule has 0 aliphatic carbocycles. The molecule has 0 amide bonds. The average molecular weight is 349 g/mol. The molecule has 0 aliphatic heterocycles. The second kappa shape index (κ2) is 6.92. The fraction of sp³-hybridized carbons (Fsp3) is 0.235. The van der Waals surface area contributed by atoms with Crippen LogP contribution in [0.15, 0.2) is 41.3 Å². The molecule has 0 saturated heterocycles. The zero-order valence-corrected chi connectivity index (χ0v) is 14.7. The predicted molar refractivity (Wildman–Crippen MR) is 91.1 cm³/mol. The standard InChI is InChI=1S/C17H19NO5S/c1-11-12(2)16(10-9-15(11)22-3)24(20,21)18-14-8-6-5-7-13(14)17(19)23-4/h5-10,18H,1-4H3. The number of carbonyl (C=O) groups excluding carboxylic acids is 1. The van der Waals surface area contributed by atoms with Crippen molar-refractivity contribution in [3.8, 4) is 5.75 Å². The van der Waals surface area contributed by atoms with Crippen LogP contribution < -0.4 is 9.46 Å². The maximum absolute atomic E-state index is 12.7. The van der Waals surface area contributed by atoms with Gasteiger partial charge in [-0.3, -0.25) is 4.72 Å². The molecule has 0 unspecified atom stereocenters. The second-order valence-corrected chi connectivity index (χ2v) is 6.81. The highest BCUT2D eigenvalue weighted by atomic mass is 32.2. The molecule has 0 fully saturated rings. The number of carbonyl (C=O) groups is 1. The van der Waals surface area contributed by atoms with E-state index in [0.29, 0.717) is 11.3 Å². The highest BCUT2D eigenvalue weighted by Crippen LogP contribution is 2.28. The number of esters is 1. The van der Waals surface area contributed by atoms with Crippen molar-refractivity contribution in [3.05, 3.63) is 53.1 Å². The Balaban J connectivity index is 2.48. The van der Waals surface area contributed by atoms with Crippen LogP contribution in [0, 0.1) is 13.8 Å². The van der Waals surface area contributed by atoms with E-state index in [4.69, 9.17) is 4.74 Å². The molecule has 128 valence electrons. The number of ether oxygens (including phenoxy) is 2. The second-order valence-electron chi connectivity index (χ2n) is 5.16. The van der Waals surface area contributed by atoms with Crippen molar-refractivity contribution in [1.29, 1.82) is 0 Å². The number of hydrogen-bond donors (Lipinski definition) is 1. The van der Waals surface area contributed by atoms with E-state index in [9.17, 15) is 13.2 Å². The number of para-hydroxylation sites is 1. The van der Waals surface area contributed by atoms with Gasteiger partial charge in [0, 0.05) is 0 Å². The molecule has 0 atom stereocenters. The van der Waals surface area contributed by atoms with Crippen LogP contribution in [0.1, 0.15) is 21.5 Å². The topological polar surface area (TPSA) is 81.7 Å². The number of nitrogens with one attached hydrogen (secondary N) is 1. The summed E-state index contributed by atoms with van der Waals surface area (Å²) in [6.07, 6.45) is 0. The Morgan fingerprint density at radius 1 is 1.00 bits per heavy atom. The zero-order valence-electron chi connectivity index (χ0n) is 13.9. The number of sulfonamides is 1. The summed E-state index contributed by atoms with van der Waals surface area (Å²) in [6, 6.07) is 9.35. The minimum Gasteiger partial charge on any atom is -0.496 e. The van der Waals surface area contributed by atoms with Gasteiger partial charge < -0.3 is 9.47 Å². The maximum atomic E-state index is 12.7. The van der Waals surface area contributed by atoms with Gasteiger partial charge in [-0.25, -0.2) is 13.2 Å². The van der Waals surface area contributed by atoms with Gasteiger partial charge in [0.05, 0.1) is 30.4 Å². The van der Waals surface area contributed by atoms with E-state index >= 15 is 0 Å². The fourth-order valence-electron chi connectivity index (χ4n) is 2.34. The summed E-state index contributed by atoms with van der Waals surface area (Å²) in [4.78, 5) is 11.9. The van der Waals surface area contributed by atoms with E-state index < -0.39 is 16.0 Å². The van der Waals surface area contributed by atoms with Crippen LogP contribution in [0.25, 0.3) is 0 Å². The van der Waals surface area contributed by atoms with Crippen molar-refractivity contribution in [2.24, 2.45) is 0 Å². The Hall–Kier alpha value is -2.54. The van der Waals surface area contributed by atoms with Crippen molar-refractivity contribution in [2.75, 3.05) is 18.9 Å². The summed E-state index contributed by atoms with van der Waals surface area (Å²) in [5.74, 6) is -0.00246. The summed E-state index contributed by atoms with van der Waals surface area (Å²) in [5.41, 5.74) is 1.63. The van der Waals surface area contributed by atoms with Gasteiger partial charge >= 0.3 is 5.97 Å². The van der Waals surface area contributed by atoms with E-state index in [2.05, 4.69) is 9.46 Å². The zero-order chi connectivity index (χ0) is 17.9. The van der Waals surface area contributed by atoms with Crippen LogP contribution in [-0.2, 0) is 14.8 Å². The van der Waals surface area contributed by atoms with Gasteiger partial charge in [-0.2, -0.15) is 0 Å². The monoisotopic (exact) mass is 349 g/mol. The van der Waals surface area contributed by atoms with E-state index in [1.165, 1.54) is 32.4 Å². The van der Waals surface area contributed by atoms with Crippen molar-refractivity contribution in [1.82, 2.24) is 0 Å². The molecule has 2 rings (SSSR count). The Labute approximate surface area is 141 Å². The summed E-state index contributed by atoms with van der Waals surface area (Å²) in [7, 11) is -1.10. The first kappa shape index (κ1) is 17.8. The van der Waals surface area contributed by atoms with E-state index in [-0.39, 0.29) is 16.1 Å². The Kier molecular flexibility index (Phi) is 5.14. The van der Waals surface area contributed by atoms with Gasteiger partial charge in [0.25, 0.3) is 10.0 Å². The lowest BCUT2D eigenvalue weighted by Gasteiger charge is -2.15. The largest absolute Gasteiger partial charge is 0.496 e. The summed E-state index contributed by atoms with van der Waals surface area (Å²) < 4.78 is 37.8. The smallest absolute Gasteiger partial charge is 0.339 e. The molecule has 0 bridgehead atoms.